The first-order valence-corrected chi connectivity index (χ1v) is 5.97. The highest BCUT2D eigenvalue weighted by molar-refractivity contribution is 5.41. The van der Waals surface area contributed by atoms with Crippen LogP contribution in [0.25, 0.3) is 5.69 Å². The van der Waals surface area contributed by atoms with Crippen molar-refractivity contribution in [3.05, 3.63) is 72.5 Å². The van der Waals surface area contributed by atoms with Gasteiger partial charge in [-0.05, 0) is 36.8 Å². The van der Waals surface area contributed by atoms with E-state index in [4.69, 9.17) is 9.47 Å². The van der Waals surface area contributed by atoms with Crippen LogP contribution in [0.3, 0.4) is 0 Å². The summed E-state index contributed by atoms with van der Waals surface area (Å²) in [5, 5.41) is 4.20. The molecule has 0 atom stereocenters. The second-order valence-corrected chi connectivity index (χ2v) is 4.41. The Kier molecular flexibility index (Phi) is 2.63. The van der Waals surface area contributed by atoms with Gasteiger partial charge in [0.1, 0.15) is 0 Å². The minimum absolute atomic E-state index is 0.452. The maximum Gasteiger partial charge on any atom is 0.268 e. The summed E-state index contributed by atoms with van der Waals surface area (Å²) in [7, 11) is 0. The van der Waals surface area contributed by atoms with Gasteiger partial charge in [0.25, 0.3) is 6.29 Å². The summed E-state index contributed by atoms with van der Waals surface area (Å²) in [6.07, 6.45) is 3.20. The first-order valence-electron chi connectivity index (χ1n) is 5.97. The molecule has 0 N–H and O–H groups in total. The van der Waals surface area contributed by atoms with E-state index in [1.165, 1.54) is 0 Å². The molecule has 1 fully saturated rings. The van der Waals surface area contributed by atoms with Gasteiger partial charge in [-0.25, -0.2) is 4.68 Å². The lowest BCUT2D eigenvalue weighted by atomic mass is 10.1. The highest BCUT2D eigenvalue weighted by Crippen LogP contribution is 2.36. The molecule has 1 saturated heterocycles. The van der Waals surface area contributed by atoms with E-state index in [0.29, 0.717) is 11.5 Å². The standard InChI is InChI=1S/C15H14N2O2/c1-10-9-13(17-8-4-7-16-17)5-6-14(10)15-18-11(2)12(3)19-15/h4-9,15H,2-3H2,1H3. The molecular weight excluding hydrogens is 240 g/mol. The zero-order valence-corrected chi connectivity index (χ0v) is 10.7. The Morgan fingerprint density at radius 3 is 2.53 bits per heavy atom. The van der Waals surface area contributed by atoms with E-state index in [2.05, 4.69) is 18.3 Å². The molecule has 4 nitrogen and oxygen atoms in total. The van der Waals surface area contributed by atoms with Crippen molar-refractivity contribution in [2.45, 2.75) is 13.2 Å². The summed E-state index contributed by atoms with van der Waals surface area (Å²) in [6, 6.07) is 7.88. The largest absolute Gasteiger partial charge is 0.447 e. The highest BCUT2D eigenvalue weighted by atomic mass is 16.7. The molecule has 1 aromatic heterocycles. The number of hydrogen-bond acceptors (Lipinski definition) is 3. The summed E-state index contributed by atoms with van der Waals surface area (Å²) in [4.78, 5) is 0. The van der Waals surface area contributed by atoms with Gasteiger partial charge in [-0.2, -0.15) is 5.10 Å². The summed E-state index contributed by atoms with van der Waals surface area (Å²) < 4.78 is 12.9. The van der Waals surface area contributed by atoms with Crippen LogP contribution in [0, 0.1) is 6.92 Å². The molecule has 0 unspecified atom stereocenters. The topological polar surface area (TPSA) is 36.3 Å². The molecule has 0 spiro atoms. The van der Waals surface area contributed by atoms with Crippen LogP contribution >= 0.6 is 0 Å². The van der Waals surface area contributed by atoms with Crippen LogP contribution < -0.4 is 0 Å². The van der Waals surface area contributed by atoms with Gasteiger partial charge in [-0.15, -0.1) is 0 Å². The number of nitrogens with zero attached hydrogens (tertiary/aromatic N) is 2. The first kappa shape index (κ1) is 11.6. The fraction of sp³-hybridized carbons (Fsp3) is 0.133. The Hall–Kier alpha value is -2.49. The van der Waals surface area contributed by atoms with E-state index < -0.39 is 6.29 Å². The molecule has 4 heteroatoms. The SMILES string of the molecule is C=C1OC(c2ccc(-n3cccn3)cc2C)OC1=C. The normalized spacial score (nSPS) is 15.4. The minimum atomic E-state index is -0.452. The van der Waals surface area contributed by atoms with Gasteiger partial charge in [0, 0.05) is 18.0 Å². The molecule has 2 aromatic rings. The fourth-order valence-corrected chi connectivity index (χ4v) is 2.03. The lowest BCUT2D eigenvalue weighted by Crippen LogP contribution is -2.02. The third-order valence-corrected chi connectivity index (χ3v) is 3.09. The fourth-order valence-electron chi connectivity index (χ4n) is 2.03. The molecule has 1 aromatic carbocycles. The van der Waals surface area contributed by atoms with Crippen LogP contribution in [0.4, 0.5) is 0 Å². The van der Waals surface area contributed by atoms with Gasteiger partial charge in [0.2, 0.25) is 0 Å². The maximum atomic E-state index is 5.53. The van der Waals surface area contributed by atoms with Crippen LogP contribution in [-0.4, -0.2) is 9.78 Å². The van der Waals surface area contributed by atoms with Gasteiger partial charge in [-0.3, -0.25) is 0 Å². The van der Waals surface area contributed by atoms with Crippen molar-refractivity contribution in [1.29, 1.82) is 0 Å². The van der Waals surface area contributed by atoms with E-state index in [9.17, 15) is 0 Å². The highest BCUT2D eigenvalue weighted by Gasteiger charge is 2.27. The third kappa shape index (κ3) is 2.01. The molecule has 3 rings (SSSR count). The summed E-state index contributed by atoms with van der Waals surface area (Å²) >= 11 is 0. The van der Waals surface area contributed by atoms with Crippen molar-refractivity contribution >= 4 is 0 Å². The predicted octanol–water partition coefficient (Wildman–Crippen LogP) is 3.25. The van der Waals surface area contributed by atoms with Crippen LogP contribution in [0.15, 0.2) is 61.3 Å². The Morgan fingerprint density at radius 1 is 1.21 bits per heavy atom. The Labute approximate surface area is 111 Å². The van der Waals surface area contributed by atoms with E-state index in [1.807, 2.05) is 42.1 Å². The third-order valence-electron chi connectivity index (χ3n) is 3.09. The molecule has 96 valence electrons. The van der Waals surface area contributed by atoms with Crippen LogP contribution in [0.2, 0.25) is 0 Å². The van der Waals surface area contributed by atoms with Crippen LogP contribution in [0.5, 0.6) is 0 Å². The lowest BCUT2D eigenvalue weighted by Gasteiger charge is -2.13. The average Bonchev–Trinajstić information content (AvgIpc) is 3.00. The molecule has 2 heterocycles. The van der Waals surface area contributed by atoms with Crippen LogP contribution in [-0.2, 0) is 9.47 Å². The number of rotatable bonds is 2. The zero-order valence-electron chi connectivity index (χ0n) is 10.7. The van der Waals surface area contributed by atoms with Gasteiger partial charge >= 0.3 is 0 Å². The Balaban J connectivity index is 1.93. The lowest BCUT2D eigenvalue weighted by molar-refractivity contribution is -0.0195. The van der Waals surface area contributed by atoms with Gasteiger partial charge in [-0.1, -0.05) is 13.2 Å². The monoisotopic (exact) mass is 254 g/mol. The van der Waals surface area contributed by atoms with E-state index in [0.717, 1.165) is 16.8 Å². The molecule has 0 amide bonds. The van der Waals surface area contributed by atoms with Gasteiger partial charge < -0.3 is 9.47 Å². The number of ether oxygens (including phenoxy) is 2. The molecule has 0 saturated carbocycles. The first-order chi connectivity index (χ1) is 9.15. The second kappa shape index (κ2) is 4.31. The van der Waals surface area contributed by atoms with E-state index in [1.54, 1.807) is 6.20 Å². The van der Waals surface area contributed by atoms with Crippen molar-refractivity contribution in [3.63, 3.8) is 0 Å². The number of aromatic nitrogens is 2. The van der Waals surface area contributed by atoms with Crippen LogP contribution in [0.1, 0.15) is 17.4 Å². The quantitative estimate of drug-likeness (QED) is 0.825. The smallest absolute Gasteiger partial charge is 0.268 e. The van der Waals surface area contributed by atoms with Crippen molar-refractivity contribution in [2.75, 3.05) is 0 Å². The maximum absolute atomic E-state index is 5.53. The minimum Gasteiger partial charge on any atom is -0.447 e. The molecule has 1 aliphatic rings. The number of hydrogen-bond donors (Lipinski definition) is 0. The molecule has 19 heavy (non-hydrogen) atoms. The number of aryl methyl sites for hydroxylation is 1. The number of benzene rings is 1. The summed E-state index contributed by atoms with van der Waals surface area (Å²) in [5.74, 6) is 0.973. The predicted molar refractivity (Wildman–Crippen MR) is 71.5 cm³/mol. The van der Waals surface area contributed by atoms with E-state index >= 15 is 0 Å². The molecule has 1 aliphatic heterocycles. The molecule has 0 radical (unpaired) electrons. The Bertz CT molecular complexity index is 628. The van der Waals surface area contributed by atoms with Gasteiger partial charge in [0.15, 0.2) is 11.5 Å². The molecule has 0 aliphatic carbocycles. The Morgan fingerprint density at radius 2 is 1.95 bits per heavy atom. The summed E-state index contributed by atoms with van der Waals surface area (Å²) in [5.41, 5.74) is 3.04. The second-order valence-electron chi connectivity index (χ2n) is 4.41. The average molecular weight is 254 g/mol. The van der Waals surface area contributed by atoms with Crippen molar-refractivity contribution in [3.8, 4) is 5.69 Å². The van der Waals surface area contributed by atoms with E-state index in [-0.39, 0.29) is 0 Å². The van der Waals surface area contributed by atoms with Gasteiger partial charge in [0.05, 0.1) is 5.69 Å². The van der Waals surface area contributed by atoms with Crippen molar-refractivity contribution in [1.82, 2.24) is 9.78 Å². The van der Waals surface area contributed by atoms with Crippen molar-refractivity contribution < 1.29 is 9.47 Å². The summed E-state index contributed by atoms with van der Waals surface area (Å²) in [6.45, 7) is 9.49. The molecule has 0 bridgehead atoms. The zero-order chi connectivity index (χ0) is 13.4. The van der Waals surface area contributed by atoms with Crippen molar-refractivity contribution in [2.24, 2.45) is 0 Å². The molecular formula is C15H14N2O2.